The maximum atomic E-state index is 5.84. The zero-order chi connectivity index (χ0) is 13.6. The predicted octanol–water partition coefficient (Wildman–Crippen LogP) is 4.99. The first-order valence-electron chi connectivity index (χ1n) is 7.41. The van der Waals surface area contributed by atoms with Crippen LogP contribution < -0.4 is 0 Å². The number of rotatable bonds is 13. The molecule has 0 N–H and O–H groups in total. The second-order valence-corrected chi connectivity index (χ2v) is 5.37. The average molecular weight is 279 g/mol. The highest BCUT2D eigenvalue weighted by Crippen LogP contribution is 2.21. The van der Waals surface area contributed by atoms with Crippen LogP contribution in [0.5, 0.6) is 0 Å². The Hall–Kier alpha value is 0.210. The van der Waals surface area contributed by atoms with Crippen molar-refractivity contribution in [2.75, 3.05) is 20.1 Å². The van der Waals surface area contributed by atoms with Crippen molar-refractivity contribution in [3.05, 3.63) is 0 Å². The summed E-state index contributed by atoms with van der Waals surface area (Å²) in [5.74, 6) is 1.12. The fraction of sp³-hybridized carbons (Fsp3) is 1.00. The van der Waals surface area contributed by atoms with E-state index in [1.54, 1.807) is 14.2 Å². The minimum atomic E-state index is -0.0937. The number of hydrogen-bond donors (Lipinski definition) is 0. The SMILES string of the molecule is CCCCCCCCCC(CCCl)C(OC)OC. The molecule has 0 saturated carbocycles. The summed E-state index contributed by atoms with van der Waals surface area (Å²) in [5.41, 5.74) is 0. The van der Waals surface area contributed by atoms with E-state index in [-0.39, 0.29) is 6.29 Å². The summed E-state index contributed by atoms with van der Waals surface area (Å²) in [6.45, 7) is 2.26. The van der Waals surface area contributed by atoms with Gasteiger partial charge in [0.05, 0.1) is 0 Å². The number of methoxy groups -OCH3 is 2. The van der Waals surface area contributed by atoms with Gasteiger partial charge in [-0.05, 0) is 12.8 Å². The van der Waals surface area contributed by atoms with Crippen LogP contribution in [0.4, 0.5) is 0 Å². The van der Waals surface area contributed by atoms with Crippen LogP contribution in [0.3, 0.4) is 0 Å². The van der Waals surface area contributed by atoms with E-state index in [1.165, 1.54) is 44.9 Å². The van der Waals surface area contributed by atoms with Gasteiger partial charge in [0.1, 0.15) is 0 Å². The van der Waals surface area contributed by atoms with Crippen LogP contribution in [-0.4, -0.2) is 26.4 Å². The van der Waals surface area contributed by atoms with Gasteiger partial charge >= 0.3 is 0 Å². The molecule has 0 radical (unpaired) electrons. The quantitative estimate of drug-likeness (QED) is 0.268. The van der Waals surface area contributed by atoms with E-state index in [9.17, 15) is 0 Å². The molecule has 0 heterocycles. The fourth-order valence-corrected chi connectivity index (χ4v) is 2.68. The number of unbranched alkanes of at least 4 members (excludes halogenated alkanes) is 6. The third-order valence-electron chi connectivity index (χ3n) is 3.51. The molecule has 0 aliphatic carbocycles. The summed E-state index contributed by atoms with van der Waals surface area (Å²) in [6.07, 6.45) is 11.5. The van der Waals surface area contributed by atoms with E-state index in [2.05, 4.69) is 6.92 Å². The van der Waals surface area contributed by atoms with Crippen LogP contribution in [0.25, 0.3) is 0 Å². The third-order valence-corrected chi connectivity index (χ3v) is 3.73. The molecule has 0 aliphatic heterocycles. The van der Waals surface area contributed by atoms with Crippen molar-refractivity contribution < 1.29 is 9.47 Å². The molecule has 18 heavy (non-hydrogen) atoms. The van der Waals surface area contributed by atoms with E-state index in [0.29, 0.717) is 11.8 Å². The molecule has 0 fully saturated rings. The van der Waals surface area contributed by atoms with E-state index < -0.39 is 0 Å². The Morgan fingerprint density at radius 3 is 1.89 bits per heavy atom. The van der Waals surface area contributed by atoms with Crippen molar-refractivity contribution in [1.82, 2.24) is 0 Å². The van der Waals surface area contributed by atoms with E-state index >= 15 is 0 Å². The number of halogens is 1. The van der Waals surface area contributed by atoms with Crippen LogP contribution in [0, 0.1) is 5.92 Å². The Kier molecular flexibility index (Phi) is 13.8. The lowest BCUT2D eigenvalue weighted by Crippen LogP contribution is -2.25. The molecular weight excluding hydrogens is 248 g/mol. The lowest BCUT2D eigenvalue weighted by atomic mass is 9.97. The molecule has 0 rings (SSSR count). The predicted molar refractivity (Wildman–Crippen MR) is 79.2 cm³/mol. The second-order valence-electron chi connectivity index (χ2n) is 4.99. The van der Waals surface area contributed by atoms with Gasteiger partial charge in [0.15, 0.2) is 6.29 Å². The molecule has 0 aliphatic rings. The Bertz CT molecular complexity index is 161. The van der Waals surface area contributed by atoms with Crippen LogP contribution in [-0.2, 0) is 9.47 Å². The van der Waals surface area contributed by atoms with E-state index in [1.807, 2.05) is 0 Å². The van der Waals surface area contributed by atoms with Crippen molar-refractivity contribution in [2.45, 2.75) is 71.0 Å². The van der Waals surface area contributed by atoms with Gasteiger partial charge in [-0.25, -0.2) is 0 Å². The van der Waals surface area contributed by atoms with Crippen LogP contribution in [0.1, 0.15) is 64.7 Å². The Balaban J connectivity index is 3.63. The highest BCUT2D eigenvalue weighted by Gasteiger charge is 2.19. The van der Waals surface area contributed by atoms with Gasteiger partial charge in [-0.1, -0.05) is 51.9 Å². The highest BCUT2D eigenvalue weighted by molar-refractivity contribution is 6.17. The number of hydrogen-bond acceptors (Lipinski definition) is 2. The largest absolute Gasteiger partial charge is 0.356 e. The van der Waals surface area contributed by atoms with Crippen molar-refractivity contribution in [3.8, 4) is 0 Å². The molecule has 0 aromatic rings. The summed E-state index contributed by atoms with van der Waals surface area (Å²) >= 11 is 5.84. The van der Waals surface area contributed by atoms with Gasteiger partial charge in [-0.2, -0.15) is 0 Å². The van der Waals surface area contributed by atoms with Crippen LogP contribution in [0.2, 0.25) is 0 Å². The first-order valence-corrected chi connectivity index (χ1v) is 7.95. The molecule has 0 saturated heterocycles. The molecule has 0 aromatic heterocycles. The average Bonchev–Trinajstić information content (AvgIpc) is 2.39. The molecule has 1 atom stereocenters. The lowest BCUT2D eigenvalue weighted by molar-refractivity contribution is -0.139. The minimum Gasteiger partial charge on any atom is -0.356 e. The van der Waals surface area contributed by atoms with Gasteiger partial charge in [0.2, 0.25) is 0 Å². The topological polar surface area (TPSA) is 18.5 Å². The molecule has 0 spiro atoms. The maximum Gasteiger partial charge on any atom is 0.159 e. The van der Waals surface area contributed by atoms with Crippen molar-refractivity contribution >= 4 is 11.6 Å². The van der Waals surface area contributed by atoms with E-state index in [0.717, 1.165) is 12.8 Å². The van der Waals surface area contributed by atoms with Crippen LogP contribution >= 0.6 is 11.6 Å². The van der Waals surface area contributed by atoms with Gasteiger partial charge < -0.3 is 9.47 Å². The van der Waals surface area contributed by atoms with E-state index in [4.69, 9.17) is 21.1 Å². The van der Waals surface area contributed by atoms with Crippen LogP contribution in [0.15, 0.2) is 0 Å². The molecule has 1 unspecified atom stereocenters. The summed E-state index contributed by atoms with van der Waals surface area (Å²) < 4.78 is 10.7. The first-order chi connectivity index (χ1) is 8.79. The molecule has 0 aromatic carbocycles. The Morgan fingerprint density at radius 1 is 0.833 bits per heavy atom. The summed E-state index contributed by atoms with van der Waals surface area (Å²) in [7, 11) is 3.42. The minimum absolute atomic E-state index is 0.0937. The molecule has 2 nitrogen and oxygen atoms in total. The lowest BCUT2D eigenvalue weighted by Gasteiger charge is -2.24. The Labute approximate surface area is 118 Å². The zero-order valence-electron chi connectivity index (χ0n) is 12.4. The smallest absolute Gasteiger partial charge is 0.159 e. The van der Waals surface area contributed by atoms with Gasteiger partial charge in [0.25, 0.3) is 0 Å². The molecule has 3 heteroatoms. The highest BCUT2D eigenvalue weighted by atomic mass is 35.5. The molecular formula is C15H31ClO2. The third kappa shape index (κ3) is 9.18. The van der Waals surface area contributed by atoms with Crippen molar-refractivity contribution in [2.24, 2.45) is 5.92 Å². The molecule has 110 valence electrons. The summed E-state index contributed by atoms with van der Waals surface area (Å²) in [4.78, 5) is 0. The van der Waals surface area contributed by atoms with Gasteiger partial charge in [-0.15, -0.1) is 11.6 Å². The standard InChI is InChI=1S/C15H31ClO2/c1-4-5-6-7-8-9-10-11-14(12-13-16)15(17-2)18-3/h14-15H,4-13H2,1-3H3. The summed E-state index contributed by atoms with van der Waals surface area (Å²) in [6, 6.07) is 0. The first kappa shape index (κ1) is 18.2. The van der Waals surface area contributed by atoms with Crippen molar-refractivity contribution in [3.63, 3.8) is 0 Å². The van der Waals surface area contributed by atoms with Gasteiger partial charge in [0, 0.05) is 26.0 Å². The Morgan fingerprint density at radius 2 is 1.39 bits per heavy atom. The second kappa shape index (κ2) is 13.6. The number of alkyl halides is 1. The van der Waals surface area contributed by atoms with Crippen molar-refractivity contribution in [1.29, 1.82) is 0 Å². The number of ether oxygens (including phenoxy) is 2. The maximum absolute atomic E-state index is 5.84. The fourth-order valence-electron chi connectivity index (χ4n) is 2.40. The van der Waals surface area contributed by atoms with Gasteiger partial charge in [-0.3, -0.25) is 0 Å². The zero-order valence-corrected chi connectivity index (χ0v) is 13.2. The monoisotopic (exact) mass is 278 g/mol. The molecule has 0 amide bonds. The molecule has 0 bridgehead atoms. The summed E-state index contributed by atoms with van der Waals surface area (Å²) in [5, 5.41) is 0. The normalized spacial score (nSPS) is 13.2.